The van der Waals surface area contributed by atoms with Gasteiger partial charge in [-0.3, -0.25) is 0 Å². The van der Waals surface area contributed by atoms with Crippen molar-refractivity contribution < 1.29 is 4.74 Å². The molecule has 140 valence electrons. The molecule has 4 rings (SSSR count). The molecule has 2 heterocycles. The summed E-state index contributed by atoms with van der Waals surface area (Å²) in [7, 11) is 1.69. The first-order chi connectivity index (χ1) is 11.9. The molecule has 2 aromatic heterocycles. The molecular weight excluding hydrogens is 373 g/mol. The van der Waals surface area contributed by atoms with E-state index in [1.54, 1.807) is 13.4 Å². The van der Waals surface area contributed by atoms with Crippen molar-refractivity contribution in [3.63, 3.8) is 0 Å². The van der Waals surface area contributed by atoms with Gasteiger partial charge in [0.1, 0.15) is 17.6 Å². The van der Waals surface area contributed by atoms with Gasteiger partial charge in [0.2, 0.25) is 0 Å². The average Bonchev–Trinajstić information content (AvgIpc) is 3.29. The van der Waals surface area contributed by atoms with E-state index in [1.165, 1.54) is 25.7 Å². The predicted octanol–water partition coefficient (Wildman–Crippen LogP) is 4.41. The largest absolute Gasteiger partial charge is 0.496 e. The molecule has 3 aromatic rings. The molecule has 0 bridgehead atoms. The van der Waals surface area contributed by atoms with E-state index in [0.717, 1.165) is 28.3 Å². The third-order valence-corrected chi connectivity index (χ3v) is 4.72. The van der Waals surface area contributed by atoms with E-state index >= 15 is 0 Å². The summed E-state index contributed by atoms with van der Waals surface area (Å²) in [5, 5.41) is 3.38. The van der Waals surface area contributed by atoms with Crippen LogP contribution in [0.3, 0.4) is 0 Å². The number of nitrogens with one attached hydrogen (secondary N) is 1. The van der Waals surface area contributed by atoms with Gasteiger partial charge in [-0.25, -0.2) is 15.0 Å². The summed E-state index contributed by atoms with van der Waals surface area (Å²) in [5.74, 6) is 1.63. The SMILES string of the molecule is COc1ccccc1CNc1ncnc2c1ncn2C1CCCC1.Cl.Cl. The molecule has 0 radical (unpaired) electrons. The molecule has 0 aliphatic heterocycles. The van der Waals surface area contributed by atoms with Gasteiger partial charge in [0.05, 0.1) is 13.4 Å². The topological polar surface area (TPSA) is 64.9 Å². The summed E-state index contributed by atoms with van der Waals surface area (Å²) in [6, 6.07) is 8.49. The number of rotatable bonds is 5. The molecule has 1 fully saturated rings. The lowest BCUT2D eigenvalue weighted by Crippen LogP contribution is -2.06. The molecule has 1 N–H and O–H groups in total. The monoisotopic (exact) mass is 395 g/mol. The second kappa shape index (κ2) is 9.05. The Bertz CT molecular complexity index is 848. The van der Waals surface area contributed by atoms with E-state index in [2.05, 4.69) is 24.8 Å². The summed E-state index contributed by atoms with van der Waals surface area (Å²) in [4.78, 5) is 13.4. The van der Waals surface area contributed by atoms with Gasteiger partial charge in [0, 0.05) is 18.2 Å². The Hall–Kier alpha value is -2.05. The maximum Gasteiger partial charge on any atom is 0.165 e. The minimum Gasteiger partial charge on any atom is -0.496 e. The number of aromatic nitrogens is 4. The number of nitrogens with zero attached hydrogens (tertiary/aromatic N) is 4. The highest BCUT2D eigenvalue weighted by atomic mass is 35.5. The Morgan fingerprint density at radius 1 is 1.12 bits per heavy atom. The minimum absolute atomic E-state index is 0. The second-order valence-electron chi connectivity index (χ2n) is 6.15. The smallest absolute Gasteiger partial charge is 0.165 e. The number of fused-ring (bicyclic) bond motifs is 1. The number of halogens is 2. The third kappa shape index (κ3) is 3.86. The fourth-order valence-corrected chi connectivity index (χ4v) is 3.46. The van der Waals surface area contributed by atoms with E-state index < -0.39 is 0 Å². The lowest BCUT2D eigenvalue weighted by atomic mass is 10.2. The standard InChI is InChI=1S/C18H21N5O.2ClH/c1-24-15-9-5-2-6-13(15)10-19-17-16-18(21-11-20-17)23(12-22-16)14-7-3-4-8-14;;/h2,5-6,9,11-12,14H,3-4,7-8,10H2,1H3,(H,19,20,21);2*1H. The van der Waals surface area contributed by atoms with Gasteiger partial charge in [-0.2, -0.15) is 0 Å². The molecule has 0 unspecified atom stereocenters. The first-order valence-corrected chi connectivity index (χ1v) is 8.40. The lowest BCUT2D eigenvalue weighted by Gasteiger charge is -2.12. The summed E-state index contributed by atoms with van der Waals surface area (Å²) >= 11 is 0. The van der Waals surface area contributed by atoms with Crippen LogP contribution in [0, 0.1) is 0 Å². The summed E-state index contributed by atoms with van der Waals surface area (Å²) in [5.41, 5.74) is 2.83. The fraction of sp³-hybridized carbons (Fsp3) is 0.389. The molecule has 6 nitrogen and oxygen atoms in total. The van der Waals surface area contributed by atoms with Crippen molar-refractivity contribution in [3.05, 3.63) is 42.5 Å². The van der Waals surface area contributed by atoms with Gasteiger partial charge in [0.15, 0.2) is 11.5 Å². The zero-order valence-corrected chi connectivity index (χ0v) is 16.2. The molecule has 0 atom stereocenters. The molecule has 8 heteroatoms. The molecular formula is C18H23Cl2N5O. The van der Waals surface area contributed by atoms with Crippen LogP contribution in [-0.2, 0) is 6.54 Å². The molecule has 0 saturated heterocycles. The van der Waals surface area contributed by atoms with Crippen molar-refractivity contribution in [2.24, 2.45) is 0 Å². The van der Waals surface area contributed by atoms with Gasteiger partial charge in [-0.1, -0.05) is 31.0 Å². The third-order valence-electron chi connectivity index (χ3n) is 4.72. The Morgan fingerprint density at radius 3 is 2.65 bits per heavy atom. The van der Waals surface area contributed by atoms with Gasteiger partial charge < -0.3 is 14.6 Å². The number of anilines is 1. The Morgan fingerprint density at radius 2 is 1.88 bits per heavy atom. The molecule has 1 aromatic carbocycles. The molecule has 0 spiro atoms. The lowest BCUT2D eigenvalue weighted by molar-refractivity contribution is 0.410. The zero-order chi connectivity index (χ0) is 16.4. The summed E-state index contributed by atoms with van der Waals surface area (Å²) < 4.78 is 7.61. The maximum absolute atomic E-state index is 5.40. The van der Waals surface area contributed by atoms with Crippen LogP contribution in [-0.4, -0.2) is 26.6 Å². The van der Waals surface area contributed by atoms with Gasteiger partial charge in [-0.15, -0.1) is 24.8 Å². The predicted molar refractivity (Wildman–Crippen MR) is 108 cm³/mol. The quantitative estimate of drug-likeness (QED) is 0.692. The molecule has 1 aliphatic carbocycles. The van der Waals surface area contributed by atoms with Crippen LogP contribution in [0.4, 0.5) is 5.82 Å². The highest BCUT2D eigenvalue weighted by molar-refractivity contribution is 5.85. The fourth-order valence-electron chi connectivity index (χ4n) is 3.46. The van der Waals surface area contributed by atoms with E-state index in [4.69, 9.17) is 4.74 Å². The average molecular weight is 396 g/mol. The van der Waals surface area contributed by atoms with Crippen molar-refractivity contribution in [1.29, 1.82) is 0 Å². The van der Waals surface area contributed by atoms with Gasteiger partial charge >= 0.3 is 0 Å². The number of methoxy groups -OCH3 is 1. The normalized spacial score (nSPS) is 13.9. The molecule has 26 heavy (non-hydrogen) atoms. The van der Waals surface area contributed by atoms with Crippen molar-refractivity contribution in [2.45, 2.75) is 38.3 Å². The summed E-state index contributed by atoms with van der Waals surface area (Å²) in [6.07, 6.45) is 8.51. The van der Waals surface area contributed by atoms with Crippen molar-refractivity contribution >= 4 is 41.8 Å². The van der Waals surface area contributed by atoms with Crippen LogP contribution in [0.2, 0.25) is 0 Å². The minimum atomic E-state index is 0. The molecule has 1 aliphatic rings. The van der Waals surface area contributed by atoms with Gasteiger partial charge in [0.25, 0.3) is 0 Å². The van der Waals surface area contributed by atoms with Crippen LogP contribution in [0.1, 0.15) is 37.3 Å². The number of para-hydroxylation sites is 1. The summed E-state index contributed by atoms with van der Waals surface area (Å²) in [6.45, 7) is 0.631. The number of hydrogen-bond donors (Lipinski definition) is 1. The van der Waals surface area contributed by atoms with Crippen LogP contribution in [0.5, 0.6) is 5.75 Å². The first-order valence-electron chi connectivity index (χ1n) is 8.40. The Balaban J connectivity index is 0.00000121. The van der Waals surface area contributed by atoms with E-state index in [-0.39, 0.29) is 24.8 Å². The Labute approximate surface area is 165 Å². The Kier molecular flexibility index (Phi) is 7.06. The van der Waals surface area contributed by atoms with E-state index in [9.17, 15) is 0 Å². The van der Waals surface area contributed by atoms with Crippen LogP contribution < -0.4 is 10.1 Å². The maximum atomic E-state index is 5.40. The van der Waals surface area contributed by atoms with Crippen molar-refractivity contribution in [2.75, 3.05) is 12.4 Å². The second-order valence-corrected chi connectivity index (χ2v) is 6.15. The molecule has 0 amide bonds. The van der Waals surface area contributed by atoms with E-state index in [1.807, 2.05) is 30.6 Å². The highest BCUT2D eigenvalue weighted by Gasteiger charge is 2.20. The number of benzene rings is 1. The van der Waals surface area contributed by atoms with Gasteiger partial charge in [-0.05, 0) is 18.9 Å². The van der Waals surface area contributed by atoms with Crippen molar-refractivity contribution in [1.82, 2.24) is 19.5 Å². The van der Waals surface area contributed by atoms with Crippen LogP contribution in [0.25, 0.3) is 11.2 Å². The van der Waals surface area contributed by atoms with Crippen molar-refractivity contribution in [3.8, 4) is 5.75 Å². The van der Waals surface area contributed by atoms with E-state index in [0.29, 0.717) is 12.6 Å². The highest BCUT2D eigenvalue weighted by Crippen LogP contribution is 2.32. The first kappa shape index (κ1) is 20.3. The number of hydrogen-bond acceptors (Lipinski definition) is 5. The zero-order valence-electron chi connectivity index (χ0n) is 14.6. The number of imidazole rings is 1. The molecule has 1 saturated carbocycles. The number of ether oxygens (including phenoxy) is 1. The van der Waals surface area contributed by atoms with Crippen LogP contribution >= 0.6 is 24.8 Å². The van der Waals surface area contributed by atoms with Crippen LogP contribution in [0.15, 0.2) is 36.9 Å².